The molecule has 0 radical (unpaired) electrons. The molecule has 0 atom stereocenters. The summed E-state index contributed by atoms with van der Waals surface area (Å²) in [6.45, 7) is 3.16. The Balaban J connectivity index is 1.68. The van der Waals surface area contributed by atoms with Gasteiger partial charge in [-0.3, -0.25) is 14.5 Å². The molecule has 10 nitrogen and oxygen atoms in total. The highest BCUT2D eigenvalue weighted by molar-refractivity contribution is 7.72. The van der Waals surface area contributed by atoms with E-state index in [4.69, 9.17) is 34.8 Å². The van der Waals surface area contributed by atoms with Gasteiger partial charge < -0.3 is 20.4 Å². The first kappa shape index (κ1) is 30.5. The second-order valence-electron chi connectivity index (χ2n) is 9.30. The summed E-state index contributed by atoms with van der Waals surface area (Å²) in [6.07, 6.45) is 1.41. The Morgan fingerprint density at radius 2 is 1.77 bits per heavy atom. The first-order valence-corrected chi connectivity index (χ1v) is 15.5. The summed E-state index contributed by atoms with van der Waals surface area (Å²) in [5.74, 6) is -0.879. The molecule has 0 bridgehead atoms. The van der Waals surface area contributed by atoms with Gasteiger partial charge in [0.1, 0.15) is 10.7 Å². The average molecular weight is 646 g/mol. The van der Waals surface area contributed by atoms with Crippen LogP contribution in [0.15, 0.2) is 35.8 Å². The van der Waals surface area contributed by atoms with Gasteiger partial charge in [0.2, 0.25) is 0 Å². The number of thiophene rings is 1. The Morgan fingerprint density at radius 3 is 2.42 bits per heavy atom. The lowest BCUT2D eigenvalue weighted by Gasteiger charge is -2.35. The Hall–Kier alpha value is -2.45. The third-order valence-corrected chi connectivity index (χ3v) is 8.91. The van der Waals surface area contributed by atoms with Crippen molar-refractivity contribution >= 4 is 85.9 Å². The number of carbonyl (C=O) groups is 2. The van der Waals surface area contributed by atoms with Gasteiger partial charge >= 0.3 is 0 Å². The smallest absolute Gasteiger partial charge is 0.267 e. The predicted octanol–water partition coefficient (Wildman–Crippen LogP) is 4.36. The number of anilines is 3. The number of thiol groups is 1. The van der Waals surface area contributed by atoms with Crippen molar-refractivity contribution in [2.24, 2.45) is 0 Å². The lowest BCUT2D eigenvalue weighted by atomic mass is 10.1. The second kappa shape index (κ2) is 13.5. The predicted molar refractivity (Wildman–Crippen MR) is 162 cm³/mol. The summed E-state index contributed by atoms with van der Waals surface area (Å²) < 4.78 is 22.1. The highest BCUT2D eigenvalue weighted by Crippen LogP contribution is 2.37. The third-order valence-electron chi connectivity index (χ3n) is 6.18. The van der Waals surface area contributed by atoms with Crippen LogP contribution in [0, 0.1) is 0 Å². The van der Waals surface area contributed by atoms with Crippen molar-refractivity contribution in [3.63, 3.8) is 0 Å². The lowest BCUT2D eigenvalue weighted by molar-refractivity contribution is 0.102. The fourth-order valence-corrected chi connectivity index (χ4v) is 6.24. The molecule has 1 fully saturated rings. The summed E-state index contributed by atoms with van der Waals surface area (Å²) in [4.78, 5) is 37.2. The molecule has 1 saturated heterocycles. The zero-order valence-electron chi connectivity index (χ0n) is 21.6. The number of nitrogens with zero attached hydrogens (tertiary/aromatic N) is 4. The van der Waals surface area contributed by atoms with E-state index in [1.807, 2.05) is 7.05 Å². The molecule has 3 heterocycles. The standard InChI is InChI=1S/C25H27Cl3N6O4S2/c1-32-5-7-34(8-6-32)19-10-17(27)9-18(24(35)30-20-4-3-16(26)11-29-20)22(19)31-25(36)23-21(28)15(13-39-23)12-33(2)14-40(37)38/h3-4,9-11,13,40H,5-8,12,14H2,1-2H3,(H,31,36)(H,29,30,35). The fourth-order valence-electron chi connectivity index (χ4n) is 4.18. The van der Waals surface area contributed by atoms with Gasteiger partial charge in [0, 0.05) is 43.9 Å². The number of pyridine rings is 1. The fraction of sp³-hybridized carbons (Fsp3) is 0.320. The van der Waals surface area contributed by atoms with Crippen LogP contribution in [-0.4, -0.2) is 81.2 Å². The molecule has 0 unspecified atom stereocenters. The largest absolute Gasteiger partial charge is 0.367 e. The summed E-state index contributed by atoms with van der Waals surface area (Å²) in [5.41, 5.74) is 1.67. The number of halogens is 3. The molecular weight excluding hydrogens is 619 g/mol. The normalized spacial score (nSPS) is 14.1. The Bertz CT molecular complexity index is 1470. The second-order valence-corrected chi connectivity index (χ2v) is 12.4. The minimum atomic E-state index is -2.59. The van der Waals surface area contributed by atoms with Gasteiger partial charge in [-0.25, -0.2) is 13.4 Å². The first-order valence-electron chi connectivity index (χ1n) is 12.1. The number of piperazine rings is 1. The Labute approximate surface area is 252 Å². The molecule has 1 aliphatic heterocycles. The molecule has 2 N–H and O–H groups in total. The number of hydrogen-bond donors (Lipinski definition) is 3. The number of likely N-dealkylation sites (N-methyl/N-ethyl adjacent to an activating group) is 1. The van der Waals surface area contributed by atoms with Crippen molar-refractivity contribution in [2.45, 2.75) is 6.54 Å². The van der Waals surface area contributed by atoms with Crippen LogP contribution >= 0.6 is 46.1 Å². The monoisotopic (exact) mass is 644 g/mol. The van der Waals surface area contributed by atoms with Crippen molar-refractivity contribution in [3.8, 4) is 0 Å². The van der Waals surface area contributed by atoms with Crippen LogP contribution in [0.25, 0.3) is 0 Å². The van der Waals surface area contributed by atoms with E-state index in [2.05, 4.69) is 25.4 Å². The van der Waals surface area contributed by atoms with E-state index in [0.29, 0.717) is 34.4 Å². The summed E-state index contributed by atoms with van der Waals surface area (Å²) >= 11 is 20.1. The molecule has 2 aromatic heterocycles. The van der Waals surface area contributed by atoms with Gasteiger partial charge in [0.25, 0.3) is 11.8 Å². The van der Waals surface area contributed by atoms with E-state index in [-0.39, 0.29) is 39.4 Å². The minimum Gasteiger partial charge on any atom is -0.367 e. The summed E-state index contributed by atoms with van der Waals surface area (Å²) in [7, 11) is 1.08. The van der Waals surface area contributed by atoms with E-state index < -0.39 is 22.5 Å². The number of hydrogen-bond acceptors (Lipinski definition) is 9. The first-order chi connectivity index (χ1) is 19.0. The van der Waals surface area contributed by atoms with Crippen LogP contribution in [0.5, 0.6) is 0 Å². The Kier molecular flexibility index (Phi) is 10.3. The number of nitrogens with one attached hydrogen (secondary N) is 2. The molecule has 1 aromatic carbocycles. The SMILES string of the molecule is CN1CCN(c2cc(Cl)cc(C(=O)Nc3ccc(Cl)cn3)c2NC(=O)c2scc(CN(C)C[SH](=O)=O)c2Cl)CC1. The summed E-state index contributed by atoms with van der Waals surface area (Å²) in [6, 6.07) is 6.38. The van der Waals surface area contributed by atoms with Gasteiger partial charge in [0.05, 0.1) is 32.9 Å². The minimum absolute atomic E-state index is 0.136. The van der Waals surface area contributed by atoms with Crippen molar-refractivity contribution in [1.29, 1.82) is 0 Å². The van der Waals surface area contributed by atoms with E-state index in [0.717, 1.165) is 24.4 Å². The van der Waals surface area contributed by atoms with Crippen molar-refractivity contribution in [2.75, 3.05) is 61.7 Å². The molecule has 15 heteroatoms. The van der Waals surface area contributed by atoms with Crippen LogP contribution in [-0.2, 0) is 17.2 Å². The highest BCUT2D eigenvalue weighted by atomic mass is 35.5. The number of benzene rings is 1. The zero-order valence-corrected chi connectivity index (χ0v) is 25.6. The van der Waals surface area contributed by atoms with Gasteiger partial charge in [-0.2, -0.15) is 0 Å². The molecule has 0 spiro atoms. The average Bonchev–Trinajstić information content (AvgIpc) is 3.25. The zero-order chi connectivity index (χ0) is 29.0. The highest BCUT2D eigenvalue weighted by Gasteiger charge is 2.26. The molecule has 0 saturated carbocycles. The molecule has 4 rings (SSSR count). The summed E-state index contributed by atoms with van der Waals surface area (Å²) in [5, 5.41) is 8.33. The molecule has 2 amide bonds. The van der Waals surface area contributed by atoms with Gasteiger partial charge in [0.15, 0.2) is 10.7 Å². The lowest BCUT2D eigenvalue weighted by Crippen LogP contribution is -2.45. The van der Waals surface area contributed by atoms with E-state index >= 15 is 0 Å². The van der Waals surface area contributed by atoms with Gasteiger partial charge in [-0.1, -0.05) is 34.8 Å². The number of carbonyl (C=O) groups excluding carboxylic acids is 2. The van der Waals surface area contributed by atoms with Crippen LogP contribution in [0.3, 0.4) is 0 Å². The van der Waals surface area contributed by atoms with Crippen LogP contribution < -0.4 is 15.5 Å². The number of aromatic nitrogens is 1. The van der Waals surface area contributed by atoms with E-state index in [9.17, 15) is 18.0 Å². The number of rotatable bonds is 9. The maximum atomic E-state index is 13.5. The molecule has 3 aromatic rings. The van der Waals surface area contributed by atoms with Crippen molar-refractivity contribution in [1.82, 2.24) is 14.8 Å². The quantitative estimate of drug-likeness (QED) is 0.294. The van der Waals surface area contributed by atoms with E-state index in [1.165, 1.54) is 12.3 Å². The maximum absolute atomic E-state index is 13.5. The molecule has 1 aliphatic rings. The molecular formula is C25H27Cl3N6O4S2. The molecule has 0 aliphatic carbocycles. The number of amides is 2. The van der Waals surface area contributed by atoms with Crippen molar-refractivity contribution in [3.05, 3.63) is 66.9 Å². The topological polar surface area (TPSA) is 115 Å². The third kappa shape index (κ3) is 7.64. The van der Waals surface area contributed by atoms with Gasteiger partial charge in [-0.15, -0.1) is 11.3 Å². The van der Waals surface area contributed by atoms with Crippen LogP contribution in [0.1, 0.15) is 25.6 Å². The van der Waals surface area contributed by atoms with Crippen LogP contribution in [0.2, 0.25) is 15.1 Å². The molecule has 40 heavy (non-hydrogen) atoms. The molecule has 214 valence electrons. The Morgan fingerprint density at radius 1 is 1.05 bits per heavy atom. The van der Waals surface area contributed by atoms with E-state index in [1.54, 1.807) is 35.5 Å². The van der Waals surface area contributed by atoms with Crippen LogP contribution in [0.4, 0.5) is 17.2 Å². The maximum Gasteiger partial charge on any atom is 0.267 e. The van der Waals surface area contributed by atoms with Crippen molar-refractivity contribution < 1.29 is 18.0 Å². The van der Waals surface area contributed by atoms with Gasteiger partial charge in [-0.05, 0) is 49.3 Å².